The van der Waals surface area contributed by atoms with Crippen molar-refractivity contribution in [3.8, 4) is 0 Å². The van der Waals surface area contributed by atoms with Gasteiger partial charge in [0.2, 0.25) is 0 Å². The van der Waals surface area contributed by atoms with Crippen molar-refractivity contribution in [1.82, 2.24) is 10.6 Å². The number of nitrogens with one attached hydrogen (secondary N) is 2. The van der Waals surface area contributed by atoms with Gasteiger partial charge in [-0.1, -0.05) is 27.7 Å². The van der Waals surface area contributed by atoms with Crippen LogP contribution in [0.1, 0.15) is 40.5 Å². The number of rotatable bonds is 6. The van der Waals surface area contributed by atoms with E-state index in [4.69, 9.17) is 5.73 Å². The number of hydrogen-bond donors (Lipinski definition) is 3. The third kappa shape index (κ3) is 8.22. The summed E-state index contributed by atoms with van der Waals surface area (Å²) in [6, 6.07) is 0.214. The van der Waals surface area contributed by atoms with E-state index in [1.54, 1.807) is 0 Å². The molecular formula is C10H27N3. The highest BCUT2D eigenvalue weighted by Crippen LogP contribution is 1.91. The average Bonchev–Trinajstić information content (AvgIpc) is 2.21. The summed E-state index contributed by atoms with van der Waals surface area (Å²) in [7, 11) is 1.93. The van der Waals surface area contributed by atoms with Gasteiger partial charge in [0.25, 0.3) is 0 Å². The maximum atomic E-state index is 5.84. The maximum absolute atomic E-state index is 5.84. The zero-order chi connectivity index (χ0) is 10.7. The van der Waals surface area contributed by atoms with Crippen LogP contribution in [0, 0.1) is 0 Å². The molecule has 0 aromatic carbocycles. The molecule has 3 heteroatoms. The molecule has 0 spiro atoms. The van der Waals surface area contributed by atoms with E-state index in [1.165, 1.54) is 0 Å². The van der Waals surface area contributed by atoms with Crippen molar-refractivity contribution in [2.45, 2.75) is 52.7 Å². The van der Waals surface area contributed by atoms with E-state index in [0.29, 0.717) is 0 Å². The second-order valence-electron chi connectivity index (χ2n) is 2.79. The Morgan fingerprint density at radius 2 is 1.77 bits per heavy atom. The van der Waals surface area contributed by atoms with Crippen LogP contribution >= 0.6 is 0 Å². The second-order valence-corrected chi connectivity index (χ2v) is 2.79. The maximum Gasteiger partial charge on any atom is 0.0725 e. The third-order valence-corrected chi connectivity index (χ3v) is 1.82. The molecule has 0 bridgehead atoms. The van der Waals surface area contributed by atoms with Gasteiger partial charge < -0.3 is 16.4 Å². The molecule has 0 rings (SSSR count). The molecule has 2 atom stereocenters. The summed E-state index contributed by atoms with van der Waals surface area (Å²) in [5, 5.41) is 6.49. The summed E-state index contributed by atoms with van der Waals surface area (Å²) in [6.07, 6.45) is 2.41. The van der Waals surface area contributed by atoms with Crippen molar-refractivity contribution in [2.75, 3.05) is 13.6 Å². The van der Waals surface area contributed by atoms with Crippen molar-refractivity contribution in [3.63, 3.8) is 0 Å². The molecule has 0 fully saturated rings. The molecule has 0 aromatic rings. The fourth-order valence-electron chi connectivity index (χ4n) is 1.00. The van der Waals surface area contributed by atoms with E-state index in [1.807, 2.05) is 20.9 Å². The normalized spacial score (nSPS) is 14.3. The molecule has 82 valence electrons. The van der Waals surface area contributed by atoms with Gasteiger partial charge in [0.15, 0.2) is 0 Å². The van der Waals surface area contributed by atoms with Crippen LogP contribution in [0.5, 0.6) is 0 Å². The van der Waals surface area contributed by atoms with Crippen molar-refractivity contribution >= 4 is 0 Å². The predicted molar refractivity (Wildman–Crippen MR) is 60.8 cm³/mol. The van der Waals surface area contributed by atoms with Gasteiger partial charge in [0, 0.05) is 6.04 Å². The fourth-order valence-corrected chi connectivity index (χ4v) is 1.00. The van der Waals surface area contributed by atoms with Gasteiger partial charge in [-0.25, -0.2) is 0 Å². The Hall–Kier alpha value is -0.120. The summed E-state index contributed by atoms with van der Waals surface area (Å²) >= 11 is 0. The summed E-state index contributed by atoms with van der Waals surface area (Å²) < 4.78 is 0. The molecule has 0 aliphatic rings. The minimum absolute atomic E-state index is 0.214. The van der Waals surface area contributed by atoms with Gasteiger partial charge in [-0.2, -0.15) is 0 Å². The van der Waals surface area contributed by atoms with Gasteiger partial charge in [-0.15, -0.1) is 0 Å². The van der Waals surface area contributed by atoms with Crippen molar-refractivity contribution < 1.29 is 0 Å². The van der Waals surface area contributed by atoms with Gasteiger partial charge in [0.1, 0.15) is 0 Å². The van der Waals surface area contributed by atoms with Gasteiger partial charge in [-0.3, -0.25) is 0 Å². The molecule has 4 N–H and O–H groups in total. The highest BCUT2D eigenvalue weighted by atomic mass is 15.1. The van der Waals surface area contributed by atoms with Gasteiger partial charge in [-0.05, 0) is 26.4 Å². The van der Waals surface area contributed by atoms with E-state index in [-0.39, 0.29) is 12.2 Å². The summed E-state index contributed by atoms with van der Waals surface area (Å²) in [5.74, 6) is 0. The molecule has 3 nitrogen and oxygen atoms in total. The first-order chi connectivity index (χ1) is 6.26. The number of likely N-dealkylation sites (N-methyl/N-ethyl adjacent to an activating group) is 1. The lowest BCUT2D eigenvalue weighted by Gasteiger charge is -2.23. The predicted octanol–water partition coefficient (Wildman–Crippen LogP) is 1.30. The Labute approximate surface area is 83.5 Å². The quantitative estimate of drug-likeness (QED) is 0.552. The molecule has 2 unspecified atom stereocenters. The smallest absolute Gasteiger partial charge is 0.0725 e. The number of nitrogens with two attached hydrogens (primary N) is 1. The first-order valence-electron chi connectivity index (χ1n) is 5.42. The van der Waals surface area contributed by atoms with Crippen LogP contribution in [0.25, 0.3) is 0 Å². The van der Waals surface area contributed by atoms with Crippen molar-refractivity contribution in [2.24, 2.45) is 5.73 Å². The Morgan fingerprint density at radius 1 is 1.23 bits per heavy atom. The van der Waals surface area contributed by atoms with Crippen LogP contribution in [-0.2, 0) is 0 Å². The summed E-state index contributed by atoms with van der Waals surface area (Å²) in [4.78, 5) is 0. The largest absolute Gasteiger partial charge is 0.325 e. The van der Waals surface area contributed by atoms with Crippen LogP contribution in [0.15, 0.2) is 0 Å². The monoisotopic (exact) mass is 189 g/mol. The lowest BCUT2D eigenvalue weighted by atomic mass is 10.2. The zero-order valence-corrected chi connectivity index (χ0v) is 9.85. The van der Waals surface area contributed by atoms with Crippen LogP contribution in [0.3, 0.4) is 0 Å². The van der Waals surface area contributed by atoms with E-state index in [0.717, 1.165) is 19.4 Å². The molecule has 0 aliphatic heterocycles. The van der Waals surface area contributed by atoms with E-state index in [9.17, 15) is 0 Å². The number of hydrogen-bond acceptors (Lipinski definition) is 3. The molecule has 0 radical (unpaired) electrons. The average molecular weight is 189 g/mol. The lowest BCUT2D eigenvalue weighted by molar-refractivity contribution is 0.377. The summed E-state index contributed by atoms with van der Waals surface area (Å²) in [5.41, 5.74) is 5.84. The summed E-state index contributed by atoms with van der Waals surface area (Å²) in [6.45, 7) is 9.28. The van der Waals surface area contributed by atoms with Crippen LogP contribution < -0.4 is 16.4 Å². The molecule has 13 heavy (non-hydrogen) atoms. The minimum atomic E-state index is 0.214. The molecular weight excluding hydrogens is 162 g/mol. The Bertz CT molecular complexity index is 86.2. The van der Waals surface area contributed by atoms with E-state index >= 15 is 0 Å². The Kier molecular flexibility index (Phi) is 14.0. The SMILES string of the molecule is CC.CCCNC(NC)C(N)CC. The van der Waals surface area contributed by atoms with E-state index in [2.05, 4.69) is 24.5 Å². The highest BCUT2D eigenvalue weighted by molar-refractivity contribution is 4.73. The molecule has 0 saturated carbocycles. The van der Waals surface area contributed by atoms with Crippen molar-refractivity contribution in [1.29, 1.82) is 0 Å². The highest BCUT2D eigenvalue weighted by Gasteiger charge is 2.11. The topological polar surface area (TPSA) is 50.1 Å². The molecule has 0 aliphatic carbocycles. The van der Waals surface area contributed by atoms with Crippen LogP contribution in [-0.4, -0.2) is 25.8 Å². The molecule has 0 saturated heterocycles. The molecule has 0 heterocycles. The van der Waals surface area contributed by atoms with Crippen molar-refractivity contribution in [3.05, 3.63) is 0 Å². The first kappa shape index (κ1) is 15.4. The Morgan fingerprint density at radius 3 is 2.08 bits per heavy atom. The van der Waals surface area contributed by atoms with Gasteiger partial charge in [0.05, 0.1) is 6.17 Å². The van der Waals surface area contributed by atoms with E-state index < -0.39 is 0 Å². The first-order valence-corrected chi connectivity index (χ1v) is 5.42. The fraction of sp³-hybridized carbons (Fsp3) is 1.00. The lowest BCUT2D eigenvalue weighted by Crippen LogP contribution is -2.52. The standard InChI is InChI=1S/C8H21N3.C2H6/c1-4-6-11-8(10-3)7(9)5-2;1-2/h7-8,10-11H,4-6,9H2,1-3H3;1-2H3. The third-order valence-electron chi connectivity index (χ3n) is 1.82. The van der Waals surface area contributed by atoms with Crippen LogP contribution in [0.2, 0.25) is 0 Å². The molecule has 0 amide bonds. The Balaban J connectivity index is 0. The van der Waals surface area contributed by atoms with Gasteiger partial charge >= 0.3 is 0 Å². The molecule has 0 aromatic heterocycles. The minimum Gasteiger partial charge on any atom is -0.325 e. The van der Waals surface area contributed by atoms with Crippen LogP contribution in [0.4, 0.5) is 0 Å². The second kappa shape index (κ2) is 11.9. The zero-order valence-electron chi connectivity index (χ0n) is 9.85.